The van der Waals surface area contributed by atoms with Gasteiger partial charge in [0, 0.05) is 95.2 Å². The fourth-order valence-electron chi connectivity index (χ4n) is 15.3. The second-order valence-corrected chi connectivity index (χ2v) is 35.9. The van der Waals surface area contributed by atoms with Gasteiger partial charge < -0.3 is 93.8 Å². The summed E-state index contributed by atoms with van der Waals surface area (Å²) in [6, 6.07) is 10.5. The van der Waals surface area contributed by atoms with Gasteiger partial charge in [-0.25, -0.2) is 0 Å². The van der Waals surface area contributed by atoms with Gasteiger partial charge in [0.15, 0.2) is 34.7 Å². The number of hydrogen-bond acceptors (Lipinski definition) is 27. The van der Waals surface area contributed by atoms with Gasteiger partial charge in [-0.15, -0.1) is 11.8 Å². The molecule has 38 heteroatoms. The average molecular weight is 1870 g/mol. The Labute approximate surface area is 773 Å². The third-order valence-corrected chi connectivity index (χ3v) is 24.3. The molecule has 1 heterocycles. The Hall–Kier alpha value is -11.1. The lowest BCUT2D eigenvalue weighted by atomic mass is 9.85. The van der Waals surface area contributed by atoms with E-state index in [1.54, 1.807) is 69.9 Å². The third kappa shape index (κ3) is 42.2. The number of aliphatic hydroxyl groups is 4. The fraction of sp³-hybridized carbons (Fsp3) is 0.606. The van der Waals surface area contributed by atoms with E-state index in [2.05, 4.69) is 37.2 Å². The van der Waals surface area contributed by atoms with Crippen molar-refractivity contribution in [2.45, 2.75) is 257 Å². The number of unbranched alkanes of at least 4 members (excludes halogenated alkanes) is 1. The molecular formula is C94H135N9O28S. The summed E-state index contributed by atoms with van der Waals surface area (Å²) in [4.78, 5) is 262. The molecule has 0 unspecified atom stereocenters. The van der Waals surface area contributed by atoms with Crippen LogP contribution in [0.5, 0.6) is 11.5 Å². The molecule has 0 saturated carbocycles. The maximum absolute atomic E-state index is 14.9. The van der Waals surface area contributed by atoms with Crippen LogP contribution in [0.3, 0.4) is 0 Å². The number of Topliss-reactive ketones (excluding diaryl/α,β-unsaturated/α-hetero) is 8. The molecule has 730 valence electrons. The lowest BCUT2D eigenvalue weighted by Crippen LogP contribution is -2.52. The number of thioether (sulfide) groups is 1. The van der Waals surface area contributed by atoms with E-state index in [1.165, 1.54) is 55.5 Å². The number of nitrogens with one attached hydrogen (secondary N) is 7. The van der Waals surface area contributed by atoms with E-state index in [0.29, 0.717) is 62.9 Å². The highest BCUT2D eigenvalue weighted by molar-refractivity contribution is 8.00. The van der Waals surface area contributed by atoms with E-state index < -0.39 is 280 Å². The van der Waals surface area contributed by atoms with Crippen LogP contribution < -0.4 is 43.0 Å². The Morgan fingerprint density at radius 2 is 0.924 bits per heavy atom. The number of rotatable bonds is 67. The molecule has 1 fully saturated rings. The van der Waals surface area contributed by atoms with Gasteiger partial charge in [-0.2, -0.15) is 0 Å². The van der Waals surface area contributed by atoms with Gasteiger partial charge >= 0.3 is 17.9 Å². The summed E-state index contributed by atoms with van der Waals surface area (Å²) in [5.74, 6) is -29.6. The molecule has 18 N–H and O–H groups in total. The Bertz CT molecular complexity index is 4360. The topological polar surface area (TPSA) is 620 Å². The van der Waals surface area contributed by atoms with Gasteiger partial charge in [-0.1, -0.05) is 102 Å². The number of ketones is 8. The molecule has 8 amide bonds. The predicted molar refractivity (Wildman–Crippen MR) is 483 cm³/mol. The highest BCUT2D eigenvalue weighted by atomic mass is 32.2. The summed E-state index contributed by atoms with van der Waals surface area (Å²) in [6.07, 6.45) is -6.31. The van der Waals surface area contributed by atoms with Crippen molar-refractivity contribution in [2.75, 3.05) is 50.9 Å². The maximum Gasteiger partial charge on any atom is 0.304 e. The molecule has 3 aromatic rings. The molecule has 0 radical (unpaired) electrons. The largest absolute Gasteiger partial charge is 0.508 e. The molecule has 0 aromatic heterocycles. The number of hydrogen-bond donors (Lipinski definition) is 17. The molecule has 0 spiro atoms. The van der Waals surface area contributed by atoms with Crippen LogP contribution in [0.1, 0.15) is 206 Å². The minimum atomic E-state index is -1.99. The average Bonchev–Trinajstić information content (AvgIpc) is 0.905. The quantitative estimate of drug-likeness (QED) is 0.0360. The number of phenolic OH excluding ortho intramolecular Hbond substituents is 2. The fourth-order valence-corrected chi connectivity index (χ4v) is 16.1. The Balaban J connectivity index is 1.52. The zero-order valence-electron chi connectivity index (χ0n) is 76.4. The summed E-state index contributed by atoms with van der Waals surface area (Å²) < 4.78 is 0. The first-order chi connectivity index (χ1) is 62.4. The SMILES string of the molecule is CC[C@H](C)[C@H](NC(=O)[C@H](CO)CC(=O)[C@H](Cc1ccc(O)cc1)NC(=O)[C@H](CC(=O)O)CC(=O)[C@H](CO)NC(=O)[C@@H](CC(=O)[C@H](Cc1ccccc1)NC(=O)[C@@H](CC(=O)CNC(=O)[C@H](CCC(=O)O)CC(=O)CSCC(=O)CCCN1CCCCCC1=O)[C@@H](C)O)[C@@H](C)O)C(=O)C[C@@H](Cc1ccc(O)cc1)C(=O)N[C@@H](CC(C)C)C(=O)C[C@@H](CC(=O)O)C(=O)N[C@H](C)CCCCN. The van der Waals surface area contributed by atoms with Crippen LogP contribution in [0.4, 0.5) is 0 Å². The number of nitrogens with zero attached hydrogens (tertiary/aromatic N) is 1. The monoisotopic (exact) mass is 1870 g/mol. The summed E-state index contributed by atoms with van der Waals surface area (Å²) in [5, 5.41) is 111. The van der Waals surface area contributed by atoms with Gasteiger partial charge in [-0.3, -0.25) is 91.1 Å². The molecule has 1 aliphatic heterocycles. The van der Waals surface area contributed by atoms with Crippen LogP contribution in [-0.4, -0.2) is 262 Å². The lowest BCUT2D eigenvalue weighted by molar-refractivity contribution is -0.143. The van der Waals surface area contributed by atoms with Crippen LogP contribution in [0, 0.1) is 53.3 Å². The number of carboxylic acids is 3. The highest BCUT2D eigenvalue weighted by Gasteiger charge is 2.41. The third-order valence-electron chi connectivity index (χ3n) is 23.3. The van der Waals surface area contributed by atoms with Gasteiger partial charge in [0.1, 0.15) is 29.1 Å². The summed E-state index contributed by atoms with van der Waals surface area (Å²) in [6.45, 7) is 9.25. The van der Waals surface area contributed by atoms with Crippen LogP contribution in [0.25, 0.3) is 0 Å². The number of amides is 8. The number of carbonyl (C=O) groups is 19. The predicted octanol–water partition coefficient (Wildman–Crippen LogP) is 3.47. The van der Waals surface area contributed by atoms with Gasteiger partial charge in [-0.05, 0) is 144 Å². The normalized spacial score (nSPS) is 15.8. The molecule has 0 aliphatic carbocycles. The Morgan fingerprint density at radius 1 is 0.439 bits per heavy atom. The molecule has 37 nitrogen and oxygen atoms in total. The van der Waals surface area contributed by atoms with Crippen molar-refractivity contribution in [3.63, 3.8) is 0 Å². The molecule has 1 aliphatic rings. The number of aliphatic hydroxyl groups excluding tert-OH is 4. The molecule has 0 bridgehead atoms. The molecule has 3 aromatic carbocycles. The number of benzene rings is 3. The van der Waals surface area contributed by atoms with Gasteiger partial charge in [0.25, 0.3) is 0 Å². The summed E-state index contributed by atoms with van der Waals surface area (Å²) >= 11 is 1.01. The van der Waals surface area contributed by atoms with Crippen LogP contribution in [-0.2, 0) is 110 Å². The smallest absolute Gasteiger partial charge is 0.304 e. The number of carbonyl (C=O) groups excluding carboxylic acids is 16. The maximum atomic E-state index is 14.9. The molecule has 4 rings (SSSR count). The van der Waals surface area contributed by atoms with E-state index in [9.17, 15) is 137 Å². The zero-order chi connectivity index (χ0) is 98.4. The van der Waals surface area contributed by atoms with E-state index in [-0.39, 0.29) is 90.7 Å². The van der Waals surface area contributed by atoms with Crippen LogP contribution in [0.2, 0.25) is 0 Å². The van der Waals surface area contributed by atoms with Crippen molar-refractivity contribution in [2.24, 2.45) is 59.0 Å². The first-order valence-corrected chi connectivity index (χ1v) is 46.3. The number of aromatic hydroxyl groups is 2. The highest BCUT2D eigenvalue weighted by Crippen LogP contribution is 2.27. The van der Waals surface area contributed by atoms with Crippen LogP contribution in [0.15, 0.2) is 78.9 Å². The van der Waals surface area contributed by atoms with Crippen LogP contribution >= 0.6 is 11.8 Å². The van der Waals surface area contributed by atoms with Crippen molar-refractivity contribution in [1.82, 2.24) is 42.1 Å². The summed E-state index contributed by atoms with van der Waals surface area (Å²) in [7, 11) is 0. The number of nitrogens with two attached hydrogens (primary N) is 1. The van der Waals surface area contributed by atoms with E-state index >= 15 is 0 Å². The summed E-state index contributed by atoms with van der Waals surface area (Å²) in [5.41, 5.74) is 6.78. The number of aliphatic carboxylic acids is 3. The minimum Gasteiger partial charge on any atom is -0.508 e. The molecule has 132 heavy (non-hydrogen) atoms. The molecule has 1 saturated heterocycles. The zero-order valence-corrected chi connectivity index (χ0v) is 77.2. The molecule has 16 atom stereocenters. The number of likely N-dealkylation sites (tertiary alicyclic amines) is 1. The second kappa shape index (κ2) is 59.5. The number of phenols is 2. The number of carboxylic acid groups (broad SMARTS) is 3. The van der Waals surface area contributed by atoms with Crippen molar-refractivity contribution < 1.29 is 137 Å². The van der Waals surface area contributed by atoms with E-state index in [4.69, 9.17) is 5.73 Å². The van der Waals surface area contributed by atoms with Crippen molar-refractivity contribution >= 4 is 123 Å². The van der Waals surface area contributed by atoms with Crippen molar-refractivity contribution in [3.05, 3.63) is 95.6 Å². The van der Waals surface area contributed by atoms with Gasteiger partial charge in [0.2, 0.25) is 47.3 Å². The standard InChI is InChI=1S/C94H135N9O28S/c1-8-55(4)87(82(117)43-63(37-60-23-28-67(108)29-24-60)90(127)98-74(36-54(2)3)78(113)41-64(45-85(121)122)89(126)97-56(5)18-14-15-33-95)102-92(129)66(50-104)44-79(114)75(39-61-25-30-68(109)31-26-61)99-91(128)65(46-86(123)124)42-80(115)77(51-105)101-94(131)73(58(7)107)48-81(116)76(38-59-19-11-9-12-20-59)100-93(130)72(57(6)106)47-70(111)49-96-88(125)62(27-32-84(119)120)40-71(112)53-132-52-69(110)21-17-35-103-34-16-10-13-22-83(103)118/h9,11-12,19-20,23-26,28-31,54-58,62-66,72-77,87,104-109H,8,10,13-18,21-22,27,32-53,95H2,1-7H3,(H,96,125)(H,97,126)(H,98,127)(H,99,128)(H,100,130)(H,101,131)(H,102,129)(H,119,120)(H,121,122)(H,123,124)/t55-,56+,57+,58+,62+,63+,64-,65-,66-,72-,73-,74-,75-,76-,77-,87-/m0/s1. The van der Waals surface area contributed by atoms with Gasteiger partial charge in [0.05, 0.1) is 110 Å². The van der Waals surface area contributed by atoms with E-state index in [0.717, 1.165) is 37.9 Å². The Morgan fingerprint density at radius 3 is 1.46 bits per heavy atom. The van der Waals surface area contributed by atoms with Crippen molar-refractivity contribution in [1.29, 1.82) is 0 Å². The Kier molecular flexibility index (Phi) is 51.0. The molecular weight excluding hydrogens is 1740 g/mol. The second-order valence-electron chi connectivity index (χ2n) is 34.9. The van der Waals surface area contributed by atoms with E-state index in [1.807, 2.05) is 0 Å². The first kappa shape index (κ1) is 113. The minimum absolute atomic E-state index is 0.0249. The lowest BCUT2D eigenvalue weighted by Gasteiger charge is -2.28. The van der Waals surface area contributed by atoms with Crippen molar-refractivity contribution in [3.8, 4) is 11.5 Å². The first-order valence-electron chi connectivity index (χ1n) is 45.1.